The normalized spacial score (nSPS) is 16.2. The highest BCUT2D eigenvalue weighted by Gasteiger charge is 2.27. The summed E-state index contributed by atoms with van der Waals surface area (Å²) in [7, 11) is 1.60. The van der Waals surface area contributed by atoms with Crippen LogP contribution >= 0.6 is 0 Å². The topological polar surface area (TPSA) is 138 Å². The molecule has 1 aliphatic carbocycles. The van der Waals surface area contributed by atoms with Crippen molar-refractivity contribution in [3.63, 3.8) is 0 Å². The van der Waals surface area contributed by atoms with Crippen LogP contribution in [0.25, 0.3) is 11.4 Å². The molecule has 0 bridgehead atoms. The van der Waals surface area contributed by atoms with E-state index in [1.807, 2.05) is 18.2 Å². The summed E-state index contributed by atoms with van der Waals surface area (Å²) in [5, 5.41) is 18.3. The Morgan fingerprint density at radius 3 is 2.97 bits per heavy atom. The van der Waals surface area contributed by atoms with Gasteiger partial charge in [0.05, 0.1) is 19.7 Å². The number of esters is 1. The maximum Gasteiger partial charge on any atom is 0.318 e. The summed E-state index contributed by atoms with van der Waals surface area (Å²) in [5.74, 6) is -0.739. The molecule has 2 heterocycles. The molecule has 11 heteroatoms. The molecule has 2 aromatic heterocycles. The van der Waals surface area contributed by atoms with Gasteiger partial charge in [0, 0.05) is 5.56 Å². The van der Waals surface area contributed by atoms with E-state index in [0.29, 0.717) is 12.4 Å². The number of amides is 1. The molecule has 30 heavy (non-hydrogen) atoms. The third kappa shape index (κ3) is 3.78. The largest absolute Gasteiger partial charge is 0.465 e. The molecule has 3 aromatic rings. The molecule has 1 aromatic carbocycles. The average Bonchev–Trinajstić information content (AvgIpc) is 3.47. The fourth-order valence-corrected chi connectivity index (χ4v) is 3.40. The van der Waals surface area contributed by atoms with E-state index in [0.717, 1.165) is 29.5 Å². The second-order valence-electron chi connectivity index (χ2n) is 7.01. The zero-order valence-corrected chi connectivity index (χ0v) is 16.8. The van der Waals surface area contributed by atoms with Gasteiger partial charge in [-0.05, 0) is 49.1 Å². The predicted octanol–water partition coefficient (Wildman–Crippen LogP) is 1.34. The first-order valence-corrected chi connectivity index (χ1v) is 9.64. The van der Waals surface area contributed by atoms with Crippen LogP contribution < -0.4 is 5.32 Å². The Hall–Kier alpha value is -3.63. The lowest BCUT2D eigenvalue weighted by atomic mass is 10.0. The Labute approximate surface area is 171 Å². The van der Waals surface area contributed by atoms with Crippen molar-refractivity contribution in [2.24, 2.45) is 7.05 Å². The van der Waals surface area contributed by atoms with Gasteiger partial charge in [0.2, 0.25) is 11.7 Å². The van der Waals surface area contributed by atoms with Gasteiger partial charge < -0.3 is 14.6 Å². The van der Waals surface area contributed by atoms with Crippen LogP contribution in [-0.4, -0.2) is 48.8 Å². The van der Waals surface area contributed by atoms with Crippen molar-refractivity contribution < 1.29 is 18.8 Å². The van der Waals surface area contributed by atoms with Gasteiger partial charge in [0.1, 0.15) is 5.92 Å². The molecule has 1 N–H and O–H groups in total. The van der Waals surface area contributed by atoms with Gasteiger partial charge in [-0.2, -0.15) is 9.78 Å². The highest BCUT2D eigenvalue weighted by atomic mass is 16.5. The van der Waals surface area contributed by atoms with Crippen LogP contribution in [0, 0.1) is 0 Å². The Morgan fingerprint density at radius 1 is 1.40 bits per heavy atom. The van der Waals surface area contributed by atoms with Crippen molar-refractivity contribution >= 4 is 11.9 Å². The monoisotopic (exact) mass is 411 g/mol. The van der Waals surface area contributed by atoms with Gasteiger partial charge in [-0.25, -0.2) is 0 Å². The number of nitrogens with zero attached hydrogens (tertiary/aromatic N) is 6. The predicted molar refractivity (Wildman–Crippen MR) is 102 cm³/mol. The molecular formula is C19H21N7O4. The summed E-state index contributed by atoms with van der Waals surface area (Å²) < 4.78 is 10.2. The molecule has 0 spiro atoms. The number of aromatic nitrogens is 6. The SMILES string of the molecule is CCOC(=O)C(C)c1nc(-c2ccc3c(c2)CC[C@H]3NC(=O)c2nnn(C)n2)no1. The zero-order valence-electron chi connectivity index (χ0n) is 16.8. The first kappa shape index (κ1) is 19.7. The molecule has 0 fully saturated rings. The van der Waals surface area contributed by atoms with Gasteiger partial charge in [0.15, 0.2) is 0 Å². The van der Waals surface area contributed by atoms with Gasteiger partial charge in [-0.3, -0.25) is 9.59 Å². The summed E-state index contributed by atoms with van der Waals surface area (Å²) >= 11 is 0. The fraction of sp³-hybridized carbons (Fsp3) is 0.421. The van der Waals surface area contributed by atoms with E-state index in [2.05, 4.69) is 30.9 Å². The maximum absolute atomic E-state index is 12.3. The molecular weight excluding hydrogens is 390 g/mol. The lowest BCUT2D eigenvalue weighted by molar-refractivity contribution is -0.145. The number of hydrogen-bond acceptors (Lipinski definition) is 9. The van der Waals surface area contributed by atoms with Crippen LogP contribution in [0.2, 0.25) is 0 Å². The second kappa shape index (κ2) is 8.01. The lowest BCUT2D eigenvalue weighted by Crippen LogP contribution is -2.28. The minimum atomic E-state index is -0.630. The zero-order chi connectivity index (χ0) is 21.3. The van der Waals surface area contributed by atoms with Crippen LogP contribution in [0.1, 0.15) is 59.9 Å². The Bertz CT molecular complexity index is 1090. The van der Waals surface area contributed by atoms with E-state index in [4.69, 9.17) is 9.26 Å². The van der Waals surface area contributed by atoms with E-state index in [9.17, 15) is 9.59 Å². The molecule has 1 amide bonds. The minimum absolute atomic E-state index is 0.0395. The molecule has 4 rings (SSSR count). The number of hydrogen-bond donors (Lipinski definition) is 1. The van der Waals surface area contributed by atoms with E-state index >= 15 is 0 Å². The number of carbonyl (C=O) groups excluding carboxylic acids is 2. The van der Waals surface area contributed by atoms with E-state index in [1.165, 1.54) is 4.80 Å². The van der Waals surface area contributed by atoms with Crippen molar-refractivity contribution in [3.05, 3.63) is 41.0 Å². The number of ether oxygens (including phenoxy) is 1. The Kier molecular flexibility index (Phi) is 5.25. The first-order valence-electron chi connectivity index (χ1n) is 9.64. The molecule has 1 unspecified atom stereocenters. The highest BCUT2D eigenvalue weighted by molar-refractivity contribution is 5.90. The Balaban J connectivity index is 1.49. The third-order valence-electron chi connectivity index (χ3n) is 4.95. The van der Waals surface area contributed by atoms with Crippen molar-refractivity contribution in [2.45, 2.75) is 38.6 Å². The van der Waals surface area contributed by atoms with Crippen LogP contribution in [-0.2, 0) is 23.0 Å². The van der Waals surface area contributed by atoms with E-state index < -0.39 is 11.9 Å². The fourth-order valence-electron chi connectivity index (χ4n) is 3.40. The molecule has 2 atom stereocenters. The van der Waals surface area contributed by atoms with Gasteiger partial charge in [0.25, 0.3) is 11.7 Å². The van der Waals surface area contributed by atoms with Crippen LogP contribution in [0.5, 0.6) is 0 Å². The average molecular weight is 411 g/mol. The number of nitrogens with one attached hydrogen (secondary N) is 1. The van der Waals surface area contributed by atoms with E-state index in [-0.39, 0.29) is 23.7 Å². The minimum Gasteiger partial charge on any atom is -0.465 e. The number of aryl methyl sites for hydroxylation is 2. The summed E-state index contributed by atoms with van der Waals surface area (Å²) in [6, 6.07) is 5.66. The van der Waals surface area contributed by atoms with Crippen LogP contribution in [0.15, 0.2) is 22.7 Å². The van der Waals surface area contributed by atoms with Crippen molar-refractivity contribution in [1.29, 1.82) is 0 Å². The summed E-state index contributed by atoms with van der Waals surface area (Å²) in [6.07, 6.45) is 1.56. The number of tetrazole rings is 1. The number of benzene rings is 1. The second-order valence-corrected chi connectivity index (χ2v) is 7.01. The third-order valence-corrected chi connectivity index (χ3v) is 4.95. The molecule has 0 aliphatic heterocycles. The maximum atomic E-state index is 12.3. The van der Waals surface area contributed by atoms with Crippen molar-refractivity contribution in [1.82, 2.24) is 35.7 Å². The quantitative estimate of drug-likeness (QED) is 0.595. The summed E-state index contributed by atoms with van der Waals surface area (Å²) in [6.45, 7) is 3.70. The van der Waals surface area contributed by atoms with Gasteiger partial charge in [-0.1, -0.05) is 17.3 Å². The van der Waals surface area contributed by atoms with Crippen molar-refractivity contribution in [2.75, 3.05) is 6.61 Å². The standard InChI is InChI=1S/C19H21N7O4/c1-4-29-19(28)10(2)18-21-15(24-30-18)12-5-7-13-11(9-12)6-8-14(13)20-17(27)16-22-25-26(3)23-16/h5,7,9-10,14H,4,6,8H2,1-3H3,(H,20,27)/t10?,14-/m1/s1. The highest BCUT2D eigenvalue weighted by Crippen LogP contribution is 2.34. The van der Waals surface area contributed by atoms with Crippen LogP contribution in [0.4, 0.5) is 0 Å². The molecule has 11 nitrogen and oxygen atoms in total. The molecule has 0 saturated heterocycles. The summed E-state index contributed by atoms with van der Waals surface area (Å²) in [5.41, 5.74) is 2.90. The molecule has 156 valence electrons. The lowest BCUT2D eigenvalue weighted by Gasteiger charge is -2.12. The van der Waals surface area contributed by atoms with Gasteiger partial charge >= 0.3 is 5.97 Å². The van der Waals surface area contributed by atoms with Gasteiger partial charge in [-0.15, -0.1) is 10.2 Å². The molecule has 0 radical (unpaired) electrons. The number of carbonyl (C=O) groups is 2. The smallest absolute Gasteiger partial charge is 0.318 e. The number of rotatable bonds is 6. The summed E-state index contributed by atoms with van der Waals surface area (Å²) in [4.78, 5) is 29.8. The van der Waals surface area contributed by atoms with Crippen LogP contribution in [0.3, 0.4) is 0 Å². The number of fused-ring (bicyclic) bond motifs is 1. The first-order chi connectivity index (χ1) is 14.5. The van der Waals surface area contributed by atoms with Crippen molar-refractivity contribution in [3.8, 4) is 11.4 Å². The molecule has 0 saturated carbocycles. The van der Waals surface area contributed by atoms with E-state index in [1.54, 1.807) is 20.9 Å². The molecule has 1 aliphatic rings. The Morgan fingerprint density at radius 2 is 2.23 bits per heavy atom.